The van der Waals surface area contributed by atoms with Crippen molar-refractivity contribution < 1.29 is 13.2 Å². The lowest BCUT2D eigenvalue weighted by Crippen LogP contribution is -2.13. The van der Waals surface area contributed by atoms with Crippen LogP contribution in [0.5, 0.6) is 0 Å². The fourth-order valence-electron chi connectivity index (χ4n) is 1.83. The Labute approximate surface area is 134 Å². The molecule has 1 amide bonds. The molecule has 0 heterocycles. The Kier molecular flexibility index (Phi) is 4.98. The van der Waals surface area contributed by atoms with Crippen LogP contribution in [0.2, 0.25) is 0 Å². The van der Waals surface area contributed by atoms with Gasteiger partial charge in [-0.25, -0.2) is 8.42 Å². The molecule has 0 bridgehead atoms. The quantitative estimate of drug-likeness (QED) is 0.881. The third kappa shape index (κ3) is 4.56. The van der Waals surface area contributed by atoms with Crippen LogP contribution in [-0.2, 0) is 14.8 Å². The summed E-state index contributed by atoms with van der Waals surface area (Å²) < 4.78 is 27.0. The highest BCUT2D eigenvalue weighted by molar-refractivity contribution is 7.92. The molecule has 0 saturated carbocycles. The molecule has 0 radical (unpaired) electrons. The molecule has 0 spiro atoms. The van der Waals surface area contributed by atoms with Gasteiger partial charge >= 0.3 is 0 Å². The van der Waals surface area contributed by atoms with Crippen molar-refractivity contribution >= 4 is 27.3 Å². The van der Waals surface area contributed by atoms with E-state index in [4.69, 9.17) is 5.26 Å². The van der Waals surface area contributed by atoms with E-state index in [0.717, 1.165) is 5.56 Å². The number of nitriles is 1. The van der Waals surface area contributed by atoms with Crippen molar-refractivity contribution in [3.8, 4) is 6.07 Å². The zero-order valence-electron chi connectivity index (χ0n) is 12.4. The lowest BCUT2D eigenvalue weighted by atomic mass is 10.2. The highest BCUT2D eigenvalue weighted by Crippen LogP contribution is 2.18. The summed E-state index contributed by atoms with van der Waals surface area (Å²) in [4.78, 5) is 11.4. The van der Waals surface area contributed by atoms with Crippen LogP contribution in [0, 0.1) is 18.3 Å². The van der Waals surface area contributed by atoms with Gasteiger partial charge in [-0.2, -0.15) is 5.26 Å². The molecule has 23 heavy (non-hydrogen) atoms. The van der Waals surface area contributed by atoms with E-state index in [1.54, 1.807) is 18.2 Å². The van der Waals surface area contributed by atoms with Gasteiger partial charge in [0, 0.05) is 11.4 Å². The van der Waals surface area contributed by atoms with E-state index in [1.807, 2.05) is 19.1 Å². The van der Waals surface area contributed by atoms with Crippen LogP contribution in [0.25, 0.3) is 0 Å². The first-order valence-corrected chi connectivity index (χ1v) is 8.25. The van der Waals surface area contributed by atoms with Gasteiger partial charge in [0.1, 0.15) is 6.42 Å². The van der Waals surface area contributed by atoms with Crippen LogP contribution >= 0.6 is 0 Å². The molecule has 0 atom stereocenters. The van der Waals surface area contributed by atoms with Crippen molar-refractivity contribution in [1.82, 2.24) is 0 Å². The minimum atomic E-state index is -3.70. The number of benzene rings is 2. The van der Waals surface area contributed by atoms with Gasteiger partial charge in [-0.15, -0.1) is 0 Å². The zero-order valence-corrected chi connectivity index (χ0v) is 13.2. The molecule has 2 N–H and O–H groups in total. The Balaban J connectivity index is 2.12. The molecule has 0 aliphatic carbocycles. The molecule has 0 unspecified atom stereocenters. The van der Waals surface area contributed by atoms with Crippen molar-refractivity contribution in [3.05, 3.63) is 54.1 Å². The fraction of sp³-hybridized carbons (Fsp3) is 0.125. The van der Waals surface area contributed by atoms with Gasteiger partial charge < -0.3 is 5.32 Å². The Bertz CT molecular complexity index is 836. The van der Waals surface area contributed by atoms with Crippen LogP contribution < -0.4 is 10.0 Å². The maximum Gasteiger partial charge on any atom is 0.261 e. The Hall–Kier alpha value is -2.85. The lowest BCUT2D eigenvalue weighted by Gasteiger charge is -2.09. The van der Waals surface area contributed by atoms with Crippen molar-refractivity contribution in [1.29, 1.82) is 5.26 Å². The number of aryl methyl sites for hydroxylation is 1. The molecule has 0 aliphatic heterocycles. The number of rotatable bonds is 5. The number of nitrogens with one attached hydrogen (secondary N) is 2. The summed E-state index contributed by atoms with van der Waals surface area (Å²) in [6, 6.07) is 14.4. The van der Waals surface area contributed by atoms with Crippen molar-refractivity contribution in [2.24, 2.45) is 0 Å². The van der Waals surface area contributed by atoms with Gasteiger partial charge in [-0.1, -0.05) is 17.7 Å². The zero-order chi connectivity index (χ0) is 16.9. The maximum absolute atomic E-state index is 12.3. The Morgan fingerprint density at radius 1 is 1.04 bits per heavy atom. The second-order valence-corrected chi connectivity index (χ2v) is 6.56. The molecule has 2 aromatic carbocycles. The van der Waals surface area contributed by atoms with E-state index in [-0.39, 0.29) is 11.3 Å². The smallest absolute Gasteiger partial charge is 0.261 e. The summed E-state index contributed by atoms with van der Waals surface area (Å²) in [6.45, 7) is 1.91. The first-order valence-electron chi connectivity index (χ1n) is 6.77. The summed E-state index contributed by atoms with van der Waals surface area (Å²) in [5.41, 5.74) is 1.94. The van der Waals surface area contributed by atoms with Crippen LogP contribution in [0.15, 0.2) is 53.4 Å². The van der Waals surface area contributed by atoms with Crippen LogP contribution in [0.3, 0.4) is 0 Å². The summed E-state index contributed by atoms with van der Waals surface area (Å²) in [6.07, 6.45) is -0.255. The molecule has 6 nitrogen and oxygen atoms in total. The summed E-state index contributed by atoms with van der Waals surface area (Å²) in [5.74, 6) is -0.444. The summed E-state index contributed by atoms with van der Waals surface area (Å²) >= 11 is 0. The predicted molar refractivity (Wildman–Crippen MR) is 87.3 cm³/mol. The number of hydrogen-bond acceptors (Lipinski definition) is 4. The van der Waals surface area contributed by atoms with Gasteiger partial charge in [-0.3, -0.25) is 9.52 Å². The van der Waals surface area contributed by atoms with Crippen LogP contribution in [-0.4, -0.2) is 14.3 Å². The molecule has 0 fully saturated rings. The fourth-order valence-corrected chi connectivity index (χ4v) is 2.89. The van der Waals surface area contributed by atoms with Gasteiger partial charge in [-0.05, 0) is 43.3 Å². The molecule has 7 heteroatoms. The largest absolute Gasteiger partial charge is 0.325 e. The van der Waals surface area contributed by atoms with Crippen molar-refractivity contribution in [2.45, 2.75) is 18.2 Å². The number of anilines is 2. The van der Waals surface area contributed by atoms with E-state index < -0.39 is 15.9 Å². The number of carbonyl (C=O) groups is 1. The van der Waals surface area contributed by atoms with Crippen LogP contribution in [0.1, 0.15) is 12.0 Å². The van der Waals surface area contributed by atoms with Gasteiger partial charge in [0.05, 0.1) is 11.0 Å². The first-order chi connectivity index (χ1) is 10.9. The van der Waals surface area contributed by atoms with E-state index in [2.05, 4.69) is 10.0 Å². The Morgan fingerprint density at radius 2 is 1.61 bits per heavy atom. The van der Waals surface area contributed by atoms with Gasteiger partial charge in [0.25, 0.3) is 10.0 Å². The molecule has 0 saturated heterocycles. The number of amides is 1. The SMILES string of the molecule is Cc1ccc(NS(=O)(=O)c2ccc(NC(=O)CC#N)cc2)cc1. The maximum atomic E-state index is 12.3. The monoisotopic (exact) mass is 329 g/mol. The predicted octanol–water partition coefficient (Wildman–Crippen LogP) is 2.65. The van der Waals surface area contributed by atoms with E-state index in [1.165, 1.54) is 24.3 Å². The molecule has 0 aliphatic rings. The van der Waals surface area contributed by atoms with Crippen molar-refractivity contribution in [3.63, 3.8) is 0 Å². The highest BCUT2D eigenvalue weighted by Gasteiger charge is 2.14. The second kappa shape index (κ2) is 6.94. The molecule has 118 valence electrons. The highest BCUT2D eigenvalue weighted by atomic mass is 32.2. The normalized spacial score (nSPS) is 10.6. The average molecular weight is 329 g/mol. The van der Waals surface area contributed by atoms with Gasteiger partial charge in [0.15, 0.2) is 0 Å². The minimum Gasteiger partial charge on any atom is -0.325 e. The van der Waals surface area contributed by atoms with E-state index in [0.29, 0.717) is 11.4 Å². The number of hydrogen-bond donors (Lipinski definition) is 2. The summed E-state index contributed by atoms with van der Waals surface area (Å²) in [7, 11) is -3.70. The molecule has 2 rings (SSSR count). The summed E-state index contributed by atoms with van der Waals surface area (Å²) in [5, 5.41) is 10.9. The molecule has 2 aromatic rings. The molecule has 0 aromatic heterocycles. The lowest BCUT2D eigenvalue weighted by molar-refractivity contribution is -0.115. The van der Waals surface area contributed by atoms with Crippen molar-refractivity contribution in [2.75, 3.05) is 10.0 Å². The number of nitrogens with zero attached hydrogens (tertiary/aromatic N) is 1. The van der Waals surface area contributed by atoms with E-state index >= 15 is 0 Å². The second-order valence-electron chi connectivity index (χ2n) is 4.88. The standard InChI is InChI=1S/C16H15N3O3S/c1-12-2-4-14(5-3-12)19-23(21,22)15-8-6-13(7-9-15)18-16(20)10-11-17/h2-9,19H,10H2,1H3,(H,18,20). The Morgan fingerprint density at radius 3 is 2.17 bits per heavy atom. The number of carbonyl (C=O) groups excluding carboxylic acids is 1. The van der Waals surface area contributed by atoms with Crippen LogP contribution in [0.4, 0.5) is 11.4 Å². The first kappa shape index (κ1) is 16.5. The minimum absolute atomic E-state index is 0.0800. The average Bonchev–Trinajstić information content (AvgIpc) is 2.50. The van der Waals surface area contributed by atoms with Gasteiger partial charge in [0.2, 0.25) is 5.91 Å². The third-order valence-corrected chi connectivity index (χ3v) is 4.39. The topological polar surface area (TPSA) is 99.1 Å². The molecular weight excluding hydrogens is 314 g/mol. The third-order valence-electron chi connectivity index (χ3n) is 2.99. The van der Waals surface area contributed by atoms with E-state index in [9.17, 15) is 13.2 Å². The molecular formula is C16H15N3O3S. The number of sulfonamides is 1.